The number of aryl methyl sites for hydroxylation is 2. The summed E-state index contributed by atoms with van der Waals surface area (Å²) in [5, 5.41) is 5.21. The second kappa shape index (κ2) is 13.5. The average molecular weight is 530 g/mol. The Morgan fingerprint density at radius 1 is 0.921 bits per heavy atom. The molecule has 0 saturated heterocycles. The first-order valence-corrected chi connectivity index (χ1v) is 13.3. The van der Waals surface area contributed by atoms with Gasteiger partial charge in [-0.25, -0.2) is 4.98 Å². The molecule has 0 unspecified atom stereocenters. The maximum absolute atomic E-state index is 12.9. The lowest BCUT2D eigenvalue weighted by atomic mass is 10.0. The molecule has 38 heavy (non-hydrogen) atoms. The summed E-state index contributed by atoms with van der Waals surface area (Å²) < 4.78 is 11.0. The number of hydrogen-bond acceptors (Lipinski definition) is 6. The fourth-order valence-corrected chi connectivity index (χ4v) is 4.62. The predicted molar refractivity (Wildman–Crippen MR) is 152 cm³/mol. The maximum Gasteiger partial charge on any atom is 0.257 e. The Labute approximate surface area is 227 Å². The van der Waals surface area contributed by atoms with Crippen LogP contribution in [0.25, 0.3) is 0 Å². The molecule has 1 aromatic heterocycles. The number of anilines is 3. The molecule has 1 N–H and O–H groups in total. The van der Waals surface area contributed by atoms with Crippen molar-refractivity contribution in [3.05, 3.63) is 101 Å². The lowest BCUT2D eigenvalue weighted by Gasteiger charge is -2.22. The van der Waals surface area contributed by atoms with E-state index in [1.807, 2.05) is 72.1 Å². The summed E-state index contributed by atoms with van der Waals surface area (Å²) in [6, 6.07) is 23.2. The molecule has 1 heterocycles. The molecule has 0 aliphatic carbocycles. The van der Waals surface area contributed by atoms with E-state index in [9.17, 15) is 9.59 Å². The van der Waals surface area contributed by atoms with Crippen LogP contribution in [0.4, 0.5) is 16.5 Å². The van der Waals surface area contributed by atoms with Crippen LogP contribution in [0.1, 0.15) is 34.8 Å². The highest BCUT2D eigenvalue weighted by Crippen LogP contribution is 2.27. The maximum atomic E-state index is 12.9. The zero-order chi connectivity index (χ0) is 26.7. The van der Waals surface area contributed by atoms with E-state index in [0.29, 0.717) is 36.1 Å². The van der Waals surface area contributed by atoms with Crippen molar-refractivity contribution in [2.75, 3.05) is 30.5 Å². The van der Waals surface area contributed by atoms with Crippen LogP contribution in [0.3, 0.4) is 0 Å². The quantitative estimate of drug-likeness (QED) is 0.219. The number of ether oxygens (including phenoxy) is 2. The van der Waals surface area contributed by atoms with E-state index >= 15 is 0 Å². The fourth-order valence-electron chi connectivity index (χ4n) is 4.10. The number of thiazole rings is 1. The molecule has 0 bridgehead atoms. The Morgan fingerprint density at radius 3 is 2.45 bits per heavy atom. The lowest BCUT2D eigenvalue weighted by molar-refractivity contribution is -0.115. The third kappa shape index (κ3) is 7.50. The smallest absolute Gasteiger partial charge is 0.257 e. The minimum atomic E-state index is -0.231. The van der Waals surface area contributed by atoms with Gasteiger partial charge in [-0.1, -0.05) is 30.3 Å². The Hall–Kier alpha value is -4.01. The molecule has 0 saturated carbocycles. The summed E-state index contributed by atoms with van der Waals surface area (Å²) in [6.07, 6.45) is 3.83. The number of nitrogens with zero attached hydrogens (tertiary/aromatic N) is 2. The molecule has 0 aliphatic heterocycles. The van der Waals surface area contributed by atoms with Gasteiger partial charge in [-0.05, 0) is 66.4 Å². The molecule has 8 heteroatoms. The van der Waals surface area contributed by atoms with Gasteiger partial charge in [0.05, 0.1) is 6.61 Å². The normalized spacial score (nSPS) is 10.7. The zero-order valence-electron chi connectivity index (χ0n) is 21.6. The highest BCUT2D eigenvalue weighted by Gasteiger charge is 2.15. The van der Waals surface area contributed by atoms with Gasteiger partial charge in [0.25, 0.3) is 5.91 Å². The third-order valence-corrected chi connectivity index (χ3v) is 6.53. The van der Waals surface area contributed by atoms with E-state index in [1.54, 1.807) is 31.2 Å². The van der Waals surface area contributed by atoms with Crippen LogP contribution in [0.2, 0.25) is 0 Å². The summed E-state index contributed by atoms with van der Waals surface area (Å²) in [5.41, 5.74) is 4.23. The van der Waals surface area contributed by atoms with Crippen LogP contribution in [-0.2, 0) is 22.4 Å². The van der Waals surface area contributed by atoms with Gasteiger partial charge in [0.2, 0.25) is 5.91 Å². The van der Waals surface area contributed by atoms with Gasteiger partial charge in [0.15, 0.2) is 5.13 Å². The second-order valence-electron chi connectivity index (χ2n) is 8.71. The summed E-state index contributed by atoms with van der Waals surface area (Å²) in [7, 11) is 1.66. The van der Waals surface area contributed by atoms with E-state index < -0.39 is 0 Å². The number of nitrogens with one attached hydrogen (secondary N) is 1. The Bertz CT molecular complexity index is 1340. The number of rotatable bonds is 12. The van der Waals surface area contributed by atoms with Crippen LogP contribution < -0.4 is 15.0 Å². The second-order valence-corrected chi connectivity index (χ2v) is 9.61. The Balaban J connectivity index is 1.52. The van der Waals surface area contributed by atoms with Crippen LogP contribution in [0.5, 0.6) is 5.75 Å². The SMILES string of the molecule is COCCCOc1cc(CCc2cccc(N(C(C)=O)c3ccccc3)c2)cc(C(=O)Nc2nccs2)c1. The number of hydrogen-bond donors (Lipinski definition) is 1. The largest absolute Gasteiger partial charge is 0.493 e. The van der Waals surface area contributed by atoms with Gasteiger partial charge in [-0.3, -0.25) is 19.8 Å². The summed E-state index contributed by atoms with van der Waals surface area (Å²) in [4.78, 5) is 31.3. The molecule has 0 spiro atoms. The van der Waals surface area contributed by atoms with Crippen LogP contribution >= 0.6 is 11.3 Å². The van der Waals surface area contributed by atoms with Crippen molar-refractivity contribution in [3.8, 4) is 5.75 Å². The number of para-hydroxylation sites is 1. The van der Waals surface area contributed by atoms with Crippen LogP contribution in [0.15, 0.2) is 84.4 Å². The topological polar surface area (TPSA) is 80.8 Å². The van der Waals surface area contributed by atoms with Gasteiger partial charge in [-0.2, -0.15) is 0 Å². The molecule has 0 radical (unpaired) electrons. The van der Waals surface area contributed by atoms with Crippen molar-refractivity contribution in [3.63, 3.8) is 0 Å². The molecule has 7 nitrogen and oxygen atoms in total. The van der Waals surface area contributed by atoms with Crippen molar-refractivity contribution in [2.24, 2.45) is 0 Å². The number of amides is 2. The molecule has 0 aliphatic rings. The predicted octanol–water partition coefficient (Wildman–Crippen LogP) is 6.28. The molecule has 0 atom stereocenters. The van der Waals surface area contributed by atoms with Gasteiger partial charge < -0.3 is 9.47 Å². The number of carbonyl (C=O) groups is 2. The van der Waals surface area contributed by atoms with Crippen LogP contribution in [-0.4, -0.2) is 37.1 Å². The van der Waals surface area contributed by atoms with Crippen molar-refractivity contribution >= 4 is 39.7 Å². The van der Waals surface area contributed by atoms with E-state index in [-0.39, 0.29) is 11.8 Å². The molecule has 4 aromatic rings. The summed E-state index contributed by atoms with van der Waals surface area (Å²) >= 11 is 1.37. The molecule has 4 rings (SSSR count). The van der Waals surface area contributed by atoms with Crippen molar-refractivity contribution in [1.82, 2.24) is 4.98 Å². The van der Waals surface area contributed by atoms with Gasteiger partial charge in [-0.15, -0.1) is 11.3 Å². The molecule has 0 fully saturated rings. The Morgan fingerprint density at radius 2 is 1.71 bits per heavy atom. The first-order chi connectivity index (χ1) is 18.5. The van der Waals surface area contributed by atoms with Gasteiger partial charge >= 0.3 is 0 Å². The van der Waals surface area contributed by atoms with Crippen LogP contribution in [0, 0.1) is 0 Å². The molecule has 3 aromatic carbocycles. The Kier molecular flexibility index (Phi) is 9.61. The van der Waals surface area contributed by atoms with E-state index in [4.69, 9.17) is 9.47 Å². The van der Waals surface area contributed by atoms with E-state index in [0.717, 1.165) is 35.3 Å². The van der Waals surface area contributed by atoms with Crippen molar-refractivity contribution in [1.29, 1.82) is 0 Å². The third-order valence-electron chi connectivity index (χ3n) is 5.84. The molecular weight excluding hydrogens is 498 g/mol. The first-order valence-electron chi connectivity index (χ1n) is 12.4. The minimum absolute atomic E-state index is 0.0532. The van der Waals surface area contributed by atoms with E-state index in [2.05, 4.69) is 10.3 Å². The average Bonchev–Trinajstić information content (AvgIpc) is 3.44. The van der Waals surface area contributed by atoms with Gasteiger partial charge in [0.1, 0.15) is 5.75 Å². The standard InChI is InChI=1S/C30H31N3O4S/c1-22(34)33(26-9-4-3-5-10-26)27-11-6-8-23(19-27)12-13-24-18-25(29(35)32-30-31-14-17-38-30)21-28(20-24)37-16-7-15-36-2/h3-6,8-11,14,17-21H,7,12-13,15-16H2,1-2H3,(H,31,32,35). The summed E-state index contributed by atoms with van der Waals surface area (Å²) in [5.74, 6) is 0.358. The van der Waals surface area contributed by atoms with Crippen molar-refractivity contribution in [2.45, 2.75) is 26.2 Å². The minimum Gasteiger partial charge on any atom is -0.493 e. The van der Waals surface area contributed by atoms with Crippen molar-refractivity contribution < 1.29 is 19.1 Å². The zero-order valence-corrected chi connectivity index (χ0v) is 22.4. The highest BCUT2D eigenvalue weighted by atomic mass is 32.1. The highest BCUT2D eigenvalue weighted by molar-refractivity contribution is 7.13. The lowest BCUT2D eigenvalue weighted by Crippen LogP contribution is -2.22. The fraction of sp³-hybridized carbons (Fsp3) is 0.233. The number of methoxy groups -OCH3 is 1. The first kappa shape index (κ1) is 27.0. The number of benzene rings is 3. The summed E-state index contributed by atoms with van der Waals surface area (Å²) in [6.45, 7) is 2.66. The monoisotopic (exact) mass is 529 g/mol. The van der Waals surface area contributed by atoms with E-state index in [1.165, 1.54) is 11.3 Å². The number of carbonyl (C=O) groups excluding carboxylic acids is 2. The number of aromatic nitrogens is 1. The molecular formula is C30H31N3O4S. The molecule has 196 valence electrons. The molecule has 2 amide bonds. The van der Waals surface area contributed by atoms with Gasteiger partial charge in [0, 0.05) is 55.6 Å².